The summed E-state index contributed by atoms with van der Waals surface area (Å²) in [5, 5.41) is 11.5. The molecule has 0 saturated heterocycles. The minimum Gasteiger partial charge on any atom is -0.456 e. The highest BCUT2D eigenvalue weighted by atomic mass is 19.2. The third kappa shape index (κ3) is 3.12. The van der Waals surface area contributed by atoms with Crippen LogP contribution in [0.5, 0.6) is 11.5 Å². The number of amides is 1. The molecule has 174 valence electrons. The van der Waals surface area contributed by atoms with E-state index in [0.29, 0.717) is 29.0 Å². The number of nitrogens with one attached hydrogen (secondary N) is 2. The summed E-state index contributed by atoms with van der Waals surface area (Å²) in [6.07, 6.45) is 1.62. The Kier molecular flexibility index (Phi) is 4.50. The average molecular weight is 473 g/mol. The lowest BCUT2D eigenvalue weighted by Gasteiger charge is -2.24. The number of furan rings is 1. The van der Waals surface area contributed by atoms with E-state index in [2.05, 4.69) is 5.32 Å². The van der Waals surface area contributed by atoms with E-state index in [1.54, 1.807) is 19.1 Å². The molecule has 0 radical (unpaired) electrons. The number of pyridine rings is 1. The molecular weight excluding hydrogens is 456 g/mol. The lowest BCUT2D eigenvalue weighted by atomic mass is 10.1. The molecule has 1 aliphatic heterocycles. The van der Waals surface area contributed by atoms with Crippen molar-refractivity contribution in [2.45, 2.75) is 13.3 Å². The molecule has 0 saturated carbocycles. The first kappa shape index (κ1) is 21.0. The van der Waals surface area contributed by atoms with Gasteiger partial charge in [-0.25, -0.2) is 4.39 Å². The Bertz CT molecular complexity index is 1800. The van der Waals surface area contributed by atoms with Crippen molar-refractivity contribution >= 4 is 44.5 Å². The molecular formula is C26H17F2N3O4. The van der Waals surface area contributed by atoms with Crippen LogP contribution in [-0.2, 0) is 0 Å². The van der Waals surface area contributed by atoms with Gasteiger partial charge < -0.3 is 24.4 Å². The van der Waals surface area contributed by atoms with Crippen molar-refractivity contribution in [3.8, 4) is 17.2 Å². The number of benzene rings is 3. The summed E-state index contributed by atoms with van der Waals surface area (Å²) >= 11 is 0. The number of nitrogens with zero attached hydrogens (tertiary/aromatic N) is 1. The number of aromatic nitrogens is 1. The molecule has 6 rings (SSSR count). The van der Waals surface area contributed by atoms with E-state index in [1.165, 1.54) is 10.8 Å². The van der Waals surface area contributed by atoms with E-state index in [-0.39, 0.29) is 28.8 Å². The zero-order chi connectivity index (χ0) is 24.4. The topological polar surface area (TPSA) is 97.3 Å². The van der Waals surface area contributed by atoms with Crippen LogP contribution >= 0.6 is 0 Å². The summed E-state index contributed by atoms with van der Waals surface area (Å²) in [6, 6.07) is 11.5. The minimum absolute atomic E-state index is 0.0174. The second-order valence-electron chi connectivity index (χ2n) is 8.44. The van der Waals surface area contributed by atoms with Crippen LogP contribution in [0.15, 0.2) is 57.9 Å². The number of ether oxygens (including phenoxy) is 1. The van der Waals surface area contributed by atoms with Gasteiger partial charge in [0, 0.05) is 41.7 Å². The van der Waals surface area contributed by atoms with Gasteiger partial charge in [-0.15, -0.1) is 0 Å². The molecule has 0 aliphatic carbocycles. The van der Waals surface area contributed by atoms with E-state index in [1.807, 2.05) is 24.3 Å². The summed E-state index contributed by atoms with van der Waals surface area (Å²) in [4.78, 5) is 26.0. The first-order valence-corrected chi connectivity index (χ1v) is 10.9. The summed E-state index contributed by atoms with van der Waals surface area (Å²) in [5.74, 6) is -3.37. The van der Waals surface area contributed by atoms with Crippen LogP contribution in [-0.4, -0.2) is 22.7 Å². The van der Waals surface area contributed by atoms with Crippen molar-refractivity contribution in [2.75, 3.05) is 6.54 Å². The van der Waals surface area contributed by atoms with Crippen LogP contribution in [0, 0.1) is 17.0 Å². The summed E-state index contributed by atoms with van der Waals surface area (Å²) in [7, 11) is 0. The fourth-order valence-electron chi connectivity index (χ4n) is 4.43. The van der Waals surface area contributed by atoms with E-state index >= 15 is 0 Å². The Hall–Kier alpha value is -4.53. The smallest absolute Gasteiger partial charge is 0.256 e. The third-order valence-corrected chi connectivity index (χ3v) is 6.10. The van der Waals surface area contributed by atoms with Gasteiger partial charge in [0.25, 0.3) is 5.91 Å². The molecule has 3 aromatic carbocycles. The van der Waals surface area contributed by atoms with Gasteiger partial charge in [0.05, 0.1) is 11.1 Å². The highest BCUT2D eigenvalue weighted by Crippen LogP contribution is 2.44. The number of para-hydroxylation sites is 1. The normalized spacial score (nSPS) is 12.1. The molecule has 7 nitrogen and oxygen atoms in total. The lowest BCUT2D eigenvalue weighted by molar-refractivity contribution is 0.0953. The molecule has 0 unspecified atom stereocenters. The standard InChI is InChI=1S/C26H17F2N3O4/c1-12(29)6-7-30-26(33)16-11-31-18-10-20-14(13-4-2-3-5-19(13)34-20)9-21(18)35-25-22(28)17(27)8-15(23(25)31)24(16)32/h2-5,8-11,29H,6-7H2,1H3,(H,30,33). The van der Waals surface area contributed by atoms with Crippen molar-refractivity contribution in [1.29, 1.82) is 5.41 Å². The van der Waals surface area contributed by atoms with E-state index < -0.39 is 28.7 Å². The predicted octanol–water partition coefficient (Wildman–Crippen LogP) is 5.43. The number of halogens is 2. The molecule has 1 aliphatic rings. The van der Waals surface area contributed by atoms with Gasteiger partial charge >= 0.3 is 0 Å². The quantitative estimate of drug-likeness (QED) is 0.334. The maximum Gasteiger partial charge on any atom is 0.256 e. The Balaban J connectivity index is 1.62. The van der Waals surface area contributed by atoms with Gasteiger partial charge in [-0.1, -0.05) is 18.2 Å². The molecule has 9 heteroatoms. The Morgan fingerprint density at radius 2 is 1.89 bits per heavy atom. The van der Waals surface area contributed by atoms with Gasteiger partial charge in [0.1, 0.15) is 22.2 Å². The molecule has 0 atom stereocenters. The first-order chi connectivity index (χ1) is 16.8. The van der Waals surface area contributed by atoms with Gasteiger partial charge in [-0.05, 0) is 25.1 Å². The average Bonchev–Trinajstić information content (AvgIpc) is 3.19. The number of rotatable bonds is 4. The maximum atomic E-state index is 14.8. The summed E-state index contributed by atoms with van der Waals surface area (Å²) < 4.78 is 42.6. The number of carbonyl (C=O) groups is 1. The maximum absolute atomic E-state index is 14.8. The zero-order valence-corrected chi connectivity index (χ0v) is 18.4. The molecule has 0 spiro atoms. The summed E-state index contributed by atoms with van der Waals surface area (Å²) in [5.41, 5.74) is 0.976. The zero-order valence-electron chi connectivity index (χ0n) is 18.4. The van der Waals surface area contributed by atoms with Crippen molar-refractivity contribution in [1.82, 2.24) is 9.88 Å². The van der Waals surface area contributed by atoms with Crippen LogP contribution < -0.4 is 15.5 Å². The van der Waals surface area contributed by atoms with E-state index in [4.69, 9.17) is 14.6 Å². The lowest BCUT2D eigenvalue weighted by Crippen LogP contribution is -2.31. The molecule has 35 heavy (non-hydrogen) atoms. The number of hydrogen-bond donors (Lipinski definition) is 2. The van der Waals surface area contributed by atoms with Crippen molar-refractivity contribution < 1.29 is 22.7 Å². The van der Waals surface area contributed by atoms with Gasteiger partial charge in [0.15, 0.2) is 17.3 Å². The Morgan fingerprint density at radius 3 is 2.69 bits per heavy atom. The predicted molar refractivity (Wildman–Crippen MR) is 127 cm³/mol. The van der Waals surface area contributed by atoms with Gasteiger partial charge in [0.2, 0.25) is 11.2 Å². The largest absolute Gasteiger partial charge is 0.456 e. The highest BCUT2D eigenvalue weighted by Gasteiger charge is 2.29. The summed E-state index contributed by atoms with van der Waals surface area (Å²) in [6.45, 7) is 1.77. The number of carbonyl (C=O) groups excluding carboxylic acids is 1. The van der Waals surface area contributed by atoms with Crippen molar-refractivity contribution in [2.24, 2.45) is 0 Å². The number of fused-ring (bicyclic) bond motifs is 5. The van der Waals surface area contributed by atoms with Crippen LogP contribution in [0.3, 0.4) is 0 Å². The molecule has 3 heterocycles. The highest BCUT2D eigenvalue weighted by molar-refractivity contribution is 6.07. The van der Waals surface area contributed by atoms with E-state index in [0.717, 1.165) is 16.8 Å². The van der Waals surface area contributed by atoms with Crippen LogP contribution in [0.4, 0.5) is 8.78 Å². The van der Waals surface area contributed by atoms with Crippen LogP contribution in [0.25, 0.3) is 38.5 Å². The van der Waals surface area contributed by atoms with Gasteiger partial charge in [-0.3, -0.25) is 9.59 Å². The van der Waals surface area contributed by atoms with Gasteiger partial charge in [-0.2, -0.15) is 4.39 Å². The molecule has 1 amide bonds. The van der Waals surface area contributed by atoms with Crippen LogP contribution in [0.2, 0.25) is 0 Å². The third-order valence-electron chi connectivity index (χ3n) is 6.10. The second-order valence-corrected chi connectivity index (χ2v) is 8.44. The molecule has 2 N–H and O–H groups in total. The molecule has 0 fully saturated rings. The number of hydrogen-bond acceptors (Lipinski definition) is 5. The molecule has 0 bridgehead atoms. The second kappa shape index (κ2) is 7.49. The van der Waals surface area contributed by atoms with Crippen molar-refractivity contribution in [3.05, 3.63) is 76.1 Å². The van der Waals surface area contributed by atoms with E-state index in [9.17, 15) is 18.4 Å². The minimum atomic E-state index is -1.26. The monoisotopic (exact) mass is 473 g/mol. The first-order valence-electron chi connectivity index (χ1n) is 10.9. The molecule has 5 aromatic rings. The van der Waals surface area contributed by atoms with Crippen molar-refractivity contribution in [3.63, 3.8) is 0 Å². The SMILES string of the molecule is CC(=N)CCNC(=O)c1cn2c3c(c(F)c(F)cc3c1=O)Oc1cc3c(cc1-2)oc1ccccc13. The van der Waals surface area contributed by atoms with Crippen LogP contribution in [0.1, 0.15) is 23.7 Å². The Labute approximate surface area is 196 Å². The molecule has 2 aromatic heterocycles. The Morgan fingerprint density at radius 1 is 1.09 bits per heavy atom. The fraction of sp³-hybridized carbons (Fsp3) is 0.115. The fourth-order valence-corrected chi connectivity index (χ4v) is 4.43.